The molecule has 0 amide bonds. The highest BCUT2D eigenvalue weighted by atomic mass is 16.1. The second-order valence-corrected chi connectivity index (χ2v) is 4.38. The van der Waals surface area contributed by atoms with Gasteiger partial charge >= 0.3 is 0 Å². The van der Waals surface area contributed by atoms with Crippen LogP contribution in [0.1, 0.15) is 33.6 Å². The molecule has 0 aromatic heterocycles. The average Bonchev–Trinajstić information content (AvgIpc) is 2.34. The van der Waals surface area contributed by atoms with E-state index in [0.29, 0.717) is 6.54 Å². The van der Waals surface area contributed by atoms with E-state index < -0.39 is 5.66 Å². The van der Waals surface area contributed by atoms with Gasteiger partial charge in [-0.3, -0.25) is 0 Å². The molecule has 0 aliphatic heterocycles. The predicted molar refractivity (Wildman–Crippen MR) is 65.2 cm³/mol. The molecular weight excluding hydrogens is 234 g/mol. The minimum atomic E-state index is -1.13. The molecular formula is C12H17N3O3. The van der Waals surface area contributed by atoms with E-state index in [1.807, 2.05) is 13.8 Å². The zero-order valence-corrected chi connectivity index (χ0v) is 10.8. The van der Waals surface area contributed by atoms with Gasteiger partial charge in [0.1, 0.15) is 0 Å². The summed E-state index contributed by atoms with van der Waals surface area (Å²) in [4.78, 5) is 41.3. The molecule has 6 heteroatoms. The van der Waals surface area contributed by atoms with Crippen molar-refractivity contribution >= 4 is 18.2 Å². The lowest BCUT2D eigenvalue weighted by atomic mass is 9.83. The summed E-state index contributed by atoms with van der Waals surface area (Å²) in [6.07, 6.45) is 5.86. The fraction of sp³-hybridized carbons (Fsp3) is 0.750. The zero-order valence-electron chi connectivity index (χ0n) is 10.8. The SMILES string of the molecule is CC(CCCN=C=O)C(C)C(C)(N=C=O)N=C=O. The van der Waals surface area contributed by atoms with E-state index in [4.69, 9.17) is 0 Å². The van der Waals surface area contributed by atoms with E-state index in [-0.39, 0.29) is 11.8 Å². The van der Waals surface area contributed by atoms with Crippen LogP contribution in [0, 0.1) is 11.8 Å². The van der Waals surface area contributed by atoms with Crippen molar-refractivity contribution in [2.75, 3.05) is 6.54 Å². The summed E-state index contributed by atoms with van der Waals surface area (Å²) in [6, 6.07) is 0. The Morgan fingerprint density at radius 2 is 1.61 bits per heavy atom. The number of nitrogens with zero attached hydrogens (tertiary/aromatic N) is 3. The molecule has 18 heavy (non-hydrogen) atoms. The van der Waals surface area contributed by atoms with Gasteiger partial charge in [-0.1, -0.05) is 13.8 Å². The van der Waals surface area contributed by atoms with Crippen LogP contribution in [-0.2, 0) is 14.4 Å². The van der Waals surface area contributed by atoms with E-state index in [2.05, 4.69) is 15.0 Å². The van der Waals surface area contributed by atoms with Crippen molar-refractivity contribution in [3.63, 3.8) is 0 Å². The second-order valence-electron chi connectivity index (χ2n) is 4.38. The van der Waals surface area contributed by atoms with Crippen LogP contribution in [0.4, 0.5) is 0 Å². The quantitative estimate of drug-likeness (QED) is 0.374. The van der Waals surface area contributed by atoms with Gasteiger partial charge in [0.2, 0.25) is 18.2 Å². The minimum absolute atomic E-state index is 0.124. The standard InChI is InChI=1S/C12H17N3O3/c1-10(5-4-6-13-7-16)11(2)12(3,14-8-17)15-9-18/h10-11H,4-6H2,1-3H3. The molecule has 0 bridgehead atoms. The molecule has 0 radical (unpaired) electrons. The third-order valence-corrected chi connectivity index (χ3v) is 3.25. The molecule has 0 spiro atoms. The highest BCUT2D eigenvalue weighted by Gasteiger charge is 2.34. The smallest absolute Gasteiger partial charge is 0.211 e. The summed E-state index contributed by atoms with van der Waals surface area (Å²) in [5.74, 6) is 0.0339. The van der Waals surface area contributed by atoms with Gasteiger partial charge in [-0.25, -0.2) is 19.4 Å². The summed E-state index contributed by atoms with van der Waals surface area (Å²) >= 11 is 0. The molecule has 0 fully saturated rings. The summed E-state index contributed by atoms with van der Waals surface area (Å²) in [5.41, 5.74) is -1.13. The number of rotatable bonds is 8. The molecule has 0 aromatic rings. The predicted octanol–water partition coefficient (Wildman–Crippen LogP) is 1.76. The number of isocyanates is 3. The summed E-state index contributed by atoms with van der Waals surface area (Å²) in [5, 5.41) is 0. The van der Waals surface area contributed by atoms with E-state index in [0.717, 1.165) is 12.8 Å². The summed E-state index contributed by atoms with van der Waals surface area (Å²) in [7, 11) is 0. The number of aliphatic imine (C=N–C) groups is 3. The van der Waals surface area contributed by atoms with E-state index in [1.165, 1.54) is 18.2 Å². The summed E-state index contributed by atoms with van der Waals surface area (Å²) < 4.78 is 0. The van der Waals surface area contributed by atoms with Crippen molar-refractivity contribution in [1.82, 2.24) is 0 Å². The van der Waals surface area contributed by atoms with Crippen molar-refractivity contribution in [3.8, 4) is 0 Å². The molecule has 2 atom stereocenters. The maximum atomic E-state index is 10.4. The average molecular weight is 251 g/mol. The topological polar surface area (TPSA) is 88.3 Å². The van der Waals surface area contributed by atoms with Crippen LogP contribution in [0.5, 0.6) is 0 Å². The van der Waals surface area contributed by atoms with Gasteiger partial charge in [-0.2, -0.15) is 9.98 Å². The van der Waals surface area contributed by atoms with Crippen molar-refractivity contribution in [2.45, 2.75) is 39.3 Å². The number of carbonyl (C=O) groups excluding carboxylic acids is 3. The third kappa shape index (κ3) is 4.98. The van der Waals surface area contributed by atoms with Crippen LogP contribution in [0.15, 0.2) is 15.0 Å². The maximum Gasteiger partial charge on any atom is 0.237 e. The highest BCUT2D eigenvalue weighted by molar-refractivity contribution is 5.39. The van der Waals surface area contributed by atoms with Crippen LogP contribution in [0.3, 0.4) is 0 Å². The molecule has 0 N–H and O–H groups in total. The first kappa shape index (κ1) is 16.1. The van der Waals surface area contributed by atoms with Crippen molar-refractivity contribution < 1.29 is 14.4 Å². The van der Waals surface area contributed by atoms with Gasteiger partial charge < -0.3 is 0 Å². The molecule has 0 saturated carbocycles. The van der Waals surface area contributed by atoms with Gasteiger partial charge in [0.05, 0.1) is 6.54 Å². The Morgan fingerprint density at radius 3 is 2.06 bits per heavy atom. The lowest BCUT2D eigenvalue weighted by molar-refractivity contribution is 0.231. The molecule has 0 aliphatic rings. The van der Waals surface area contributed by atoms with Gasteiger partial charge in [-0.05, 0) is 25.7 Å². The van der Waals surface area contributed by atoms with Crippen molar-refractivity contribution in [2.24, 2.45) is 26.8 Å². The minimum Gasteiger partial charge on any atom is -0.211 e. The first-order valence-corrected chi connectivity index (χ1v) is 5.73. The van der Waals surface area contributed by atoms with E-state index in [9.17, 15) is 14.4 Å². The lowest BCUT2D eigenvalue weighted by Crippen LogP contribution is -2.33. The third-order valence-electron chi connectivity index (χ3n) is 3.25. The van der Waals surface area contributed by atoms with Crippen LogP contribution in [0.25, 0.3) is 0 Å². The molecule has 6 nitrogen and oxygen atoms in total. The second kappa shape index (κ2) is 8.26. The van der Waals surface area contributed by atoms with Crippen LogP contribution in [-0.4, -0.2) is 30.4 Å². The maximum absolute atomic E-state index is 10.4. The molecule has 98 valence electrons. The molecule has 2 unspecified atom stereocenters. The van der Waals surface area contributed by atoms with Crippen LogP contribution >= 0.6 is 0 Å². The Labute approximate surface area is 106 Å². The van der Waals surface area contributed by atoms with E-state index in [1.54, 1.807) is 6.92 Å². The van der Waals surface area contributed by atoms with Gasteiger partial charge in [0.25, 0.3) is 0 Å². The van der Waals surface area contributed by atoms with Crippen LogP contribution in [0.2, 0.25) is 0 Å². The fourth-order valence-corrected chi connectivity index (χ4v) is 1.74. The first-order valence-electron chi connectivity index (χ1n) is 5.73. The normalized spacial score (nSPS) is 16.2. The molecule has 0 saturated heterocycles. The monoisotopic (exact) mass is 251 g/mol. The fourth-order valence-electron chi connectivity index (χ4n) is 1.74. The van der Waals surface area contributed by atoms with Gasteiger partial charge in [0, 0.05) is 5.92 Å². The Kier molecular flexibility index (Phi) is 7.41. The first-order chi connectivity index (χ1) is 8.51. The number of hydrogen-bond donors (Lipinski definition) is 0. The van der Waals surface area contributed by atoms with Gasteiger partial charge in [-0.15, -0.1) is 0 Å². The van der Waals surface area contributed by atoms with E-state index >= 15 is 0 Å². The van der Waals surface area contributed by atoms with Crippen molar-refractivity contribution in [1.29, 1.82) is 0 Å². The Bertz CT molecular complexity index is 385. The Balaban J connectivity index is 4.66. The largest absolute Gasteiger partial charge is 0.237 e. The lowest BCUT2D eigenvalue weighted by Gasteiger charge is -2.29. The highest BCUT2D eigenvalue weighted by Crippen LogP contribution is 2.31. The molecule has 0 rings (SSSR count). The zero-order chi connectivity index (χ0) is 14.0. The Morgan fingerprint density at radius 1 is 1.06 bits per heavy atom. The van der Waals surface area contributed by atoms with Crippen molar-refractivity contribution in [3.05, 3.63) is 0 Å². The summed E-state index contributed by atoms with van der Waals surface area (Å²) in [6.45, 7) is 5.84. The molecule has 0 heterocycles. The van der Waals surface area contributed by atoms with Gasteiger partial charge in [0.15, 0.2) is 5.66 Å². The molecule has 0 aromatic carbocycles. The molecule has 0 aliphatic carbocycles. The number of hydrogen-bond acceptors (Lipinski definition) is 6. The van der Waals surface area contributed by atoms with Crippen LogP contribution < -0.4 is 0 Å². The Hall–Kier alpha value is -1.86.